The van der Waals surface area contributed by atoms with Crippen molar-refractivity contribution in [2.45, 2.75) is 31.1 Å². The van der Waals surface area contributed by atoms with Crippen molar-refractivity contribution in [3.8, 4) is 6.07 Å². The second-order valence-electron chi connectivity index (χ2n) is 3.81. The van der Waals surface area contributed by atoms with Gasteiger partial charge in [-0.1, -0.05) is 19.4 Å². The maximum Gasteiger partial charge on any atom is 0.306 e. The molecule has 0 aliphatic rings. The van der Waals surface area contributed by atoms with Crippen molar-refractivity contribution in [3.05, 3.63) is 29.8 Å². The zero-order chi connectivity index (χ0) is 13.2. The van der Waals surface area contributed by atoms with Crippen LogP contribution in [0.2, 0.25) is 0 Å². The molecule has 0 spiro atoms. The summed E-state index contributed by atoms with van der Waals surface area (Å²) in [5.74, 6) is 0.534. The zero-order valence-electron chi connectivity index (χ0n) is 10.5. The first kappa shape index (κ1) is 14.6. The summed E-state index contributed by atoms with van der Waals surface area (Å²) in [6, 6.07) is 9.48. The van der Waals surface area contributed by atoms with Crippen LogP contribution in [0, 0.1) is 11.3 Å². The number of rotatable bonds is 7. The van der Waals surface area contributed by atoms with Crippen LogP contribution >= 0.6 is 11.8 Å². The third-order valence-corrected chi connectivity index (χ3v) is 3.29. The molecule has 0 bridgehead atoms. The van der Waals surface area contributed by atoms with Crippen molar-refractivity contribution in [2.75, 3.05) is 12.4 Å². The highest BCUT2D eigenvalue weighted by atomic mass is 32.2. The number of unbranched alkanes of at least 4 members (excludes halogenated alkanes) is 1. The van der Waals surface area contributed by atoms with Crippen LogP contribution < -0.4 is 0 Å². The minimum atomic E-state index is -0.146. The Bertz CT molecular complexity index is 426. The molecular formula is C14H17NO2S. The predicted molar refractivity (Wildman–Crippen MR) is 72.4 cm³/mol. The van der Waals surface area contributed by atoms with Crippen molar-refractivity contribution >= 4 is 17.7 Å². The van der Waals surface area contributed by atoms with Crippen molar-refractivity contribution < 1.29 is 9.53 Å². The van der Waals surface area contributed by atoms with Gasteiger partial charge in [0.1, 0.15) is 0 Å². The molecule has 0 radical (unpaired) electrons. The third kappa shape index (κ3) is 5.74. The minimum Gasteiger partial charge on any atom is -0.466 e. The van der Waals surface area contributed by atoms with Crippen molar-refractivity contribution in [1.29, 1.82) is 5.26 Å². The van der Waals surface area contributed by atoms with Gasteiger partial charge in [-0.05, 0) is 24.6 Å². The summed E-state index contributed by atoms with van der Waals surface area (Å²) in [4.78, 5) is 12.4. The molecule has 0 heterocycles. The molecule has 0 N–H and O–H groups in total. The predicted octanol–water partition coefficient (Wildman–Crippen LogP) is 3.38. The van der Waals surface area contributed by atoms with E-state index in [-0.39, 0.29) is 5.97 Å². The smallest absolute Gasteiger partial charge is 0.306 e. The fraction of sp³-hybridized carbons (Fsp3) is 0.429. The van der Waals surface area contributed by atoms with Gasteiger partial charge in [0, 0.05) is 10.6 Å². The molecule has 1 rings (SSSR count). The maximum absolute atomic E-state index is 11.3. The fourth-order valence-electron chi connectivity index (χ4n) is 1.31. The van der Waals surface area contributed by atoms with Crippen LogP contribution in [0.4, 0.5) is 0 Å². The SMILES string of the molecule is CCCCOC(=O)CCSc1cccc(C#N)c1. The molecule has 1 aromatic carbocycles. The standard InChI is InChI=1S/C14H17NO2S/c1-2-3-8-17-14(16)7-9-18-13-6-4-5-12(10-13)11-15/h4-6,10H,2-3,7-9H2,1H3. The molecule has 0 aliphatic heterocycles. The number of carbonyl (C=O) groups is 1. The number of nitrogens with zero attached hydrogens (tertiary/aromatic N) is 1. The Morgan fingerprint density at radius 1 is 1.50 bits per heavy atom. The lowest BCUT2D eigenvalue weighted by atomic mass is 10.2. The summed E-state index contributed by atoms with van der Waals surface area (Å²) in [6.45, 7) is 2.58. The minimum absolute atomic E-state index is 0.146. The van der Waals surface area contributed by atoms with Gasteiger partial charge in [-0.15, -0.1) is 11.8 Å². The largest absolute Gasteiger partial charge is 0.466 e. The summed E-state index contributed by atoms with van der Waals surface area (Å²) in [5.41, 5.74) is 0.644. The molecule has 4 heteroatoms. The summed E-state index contributed by atoms with van der Waals surface area (Å²) >= 11 is 1.57. The molecule has 0 amide bonds. The van der Waals surface area contributed by atoms with Gasteiger partial charge < -0.3 is 4.74 Å². The molecule has 0 saturated heterocycles. The highest BCUT2D eigenvalue weighted by Gasteiger charge is 2.03. The van der Waals surface area contributed by atoms with Crippen LogP contribution in [-0.4, -0.2) is 18.3 Å². The van der Waals surface area contributed by atoms with E-state index in [1.807, 2.05) is 18.2 Å². The number of nitriles is 1. The average Bonchev–Trinajstić information content (AvgIpc) is 2.39. The van der Waals surface area contributed by atoms with E-state index in [4.69, 9.17) is 10.00 Å². The van der Waals surface area contributed by atoms with Gasteiger partial charge in [0.25, 0.3) is 0 Å². The summed E-state index contributed by atoms with van der Waals surface area (Å²) in [6.07, 6.45) is 2.36. The lowest BCUT2D eigenvalue weighted by molar-refractivity contribution is -0.143. The first-order chi connectivity index (χ1) is 8.76. The number of hydrogen-bond donors (Lipinski definition) is 0. The molecule has 1 aromatic rings. The molecule has 0 fully saturated rings. The summed E-state index contributed by atoms with van der Waals surface area (Å²) in [5, 5.41) is 8.76. The van der Waals surface area contributed by atoms with Gasteiger partial charge >= 0.3 is 5.97 Å². The Kier molecular flexibility index (Phi) is 6.97. The van der Waals surface area contributed by atoms with Crippen molar-refractivity contribution in [2.24, 2.45) is 0 Å². The number of esters is 1. The molecular weight excluding hydrogens is 246 g/mol. The lowest BCUT2D eigenvalue weighted by Crippen LogP contribution is -2.06. The molecule has 0 saturated carbocycles. The van der Waals surface area contributed by atoms with Crippen LogP contribution in [0.5, 0.6) is 0 Å². The number of ether oxygens (including phenoxy) is 1. The van der Waals surface area contributed by atoms with E-state index in [0.717, 1.165) is 17.7 Å². The first-order valence-corrected chi connectivity index (χ1v) is 7.03. The molecule has 0 aromatic heterocycles. The van der Waals surface area contributed by atoms with Crippen molar-refractivity contribution in [1.82, 2.24) is 0 Å². The van der Waals surface area contributed by atoms with Crippen LogP contribution in [0.1, 0.15) is 31.7 Å². The molecule has 0 aliphatic carbocycles. The van der Waals surface area contributed by atoms with Gasteiger partial charge in [0.05, 0.1) is 24.7 Å². The second-order valence-corrected chi connectivity index (χ2v) is 4.98. The van der Waals surface area contributed by atoms with Crippen LogP contribution in [0.3, 0.4) is 0 Å². The normalized spacial score (nSPS) is 9.78. The van der Waals surface area contributed by atoms with Gasteiger partial charge in [-0.3, -0.25) is 4.79 Å². The number of carbonyl (C=O) groups excluding carboxylic acids is 1. The van der Waals surface area contributed by atoms with Crippen LogP contribution in [-0.2, 0) is 9.53 Å². The number of thioether (sulfide) groups is 1. The zero-order valence-corrected chi connectivity index (χ0v) is 11.3. The van der Waals surface area contributed by atoms with Gasteiger partial charge in [-0.2, -0.15) is 5.26 Å². The van der Waals surface area contributed by atoms with E-state index >= 15 is 0 Å². The Labute approximate surface area is 112 Å². The van der Waals surface area contributed by atoms with E-state index in [1.165, 1.54) is 0 Å². The Morgan fingerprint density at radius 3 is 3.06 bits per heavy atom. The van der Waals surface area contributed by atoms with Gasteiger partial charge in [0.2, 0.25) is 0 Å². The molecule has 3 nitrogen and oxygen atoms in total. The van der Waals surface area contributed by atoms with Gasteiger partial charge in [0.15, 0.2) is 0 Å². The van der Waals surface area contributed by atoms with Crippen LogP contribution in [0.25, 0.3) is 0 Å². The quantitative estimate of drug-likeness (QED) is 0.430. The molecule has 18 heavy (non-hydrogen) atoms. The Morgan fingerprint density at radius 2 is 2.33 bits per heavy atom. The maximum atomic E-state index is 11.3. The fourth-order valence-corrected chi connectivity index (χ4v) is 2.20. The van der Waals surface area contributed by atoms with Gasteiger partial charge in [-0.25, -0.2) is 0 Å². The number of benzene rings is 1. The van der Waals surface area contributed by atoms with E-state index in [0.29, 0.717) is 24.3 Å². The van der Waals surface area contributed by atoms with E-state index in [9.17, 15) is 4.79 Å². The first-order valence-electron chi connectivity index (χ1n) is 6.05. The highest BCUT2D eigenvalue weighted by molar-refractivity contribution is 7.99. The van der Waals surface area contributed by atoms with E-state index in [2.05, 4.69) is 13.0 Å². The average molecular weight is 263 g/mol. The molecule has 96 valence electrons. The Balaban J connectivity index is 2.24. The van der Waals surface area contributed by atoms with E-state index in [1.54, 1.807) is 17.8 Å². The third-order valence-electron chi connectivity index (χ3n) is 2.30. The summed E-state index contributed by atoms with van der Waals surface area (Å²) in [7, 11) is 0. The van der Waals surface area contributed by atoms with Crippen molar-refractivity contribution in [3.63, 3.8) is 0 Å². The lowest BCUT2D eigenvalue weighted by Gasteiger charge is -2.04. The second kappa shape index (κ2) is 8.60. The molecule has 0 unspecified atom stereocenters. The van der Waals surface area contributed by atoms with Crippen LogP contribution in [0.15, 0.2) is 29.2 Å². The Hall–Kier alpha value is -1.47. The monoisotopic (exact) mass is 263 g/mol. The number of hydrogen-bond acceptors (Lipinski definition) is 4. The van der Waals surface area contributed by atoms with E-state index < -0.39 is 0 Å². The topological polar surface area (TPSA) is 50.1 Å². The summed E-state index contributed by atoms with van der Waals surface area (Å²) < 4.78 is 5.06. The highest BCUT2D eigenvalue weighted by Crippen LogP contribution is 2.19. The molecule has 0 atom stereocenters.